The summed E-state index contributed by atoms with van der Waals surface area (Å²) in [4.78, 5) is 13.9. The van der Waals surface area contributed by atoms with Gasteiger partial charge in [-0.05, 0) is 48.6 Å². The molecule has 0 saturated heterocycles. The number of amides is 1. The Balaban J connectivity index is 4.33. The molecule has 0 radical (unpaired) electrons. The Labute approximate surface area is 129 Å². The van der Waals surface area contributed by atoms with Crippen LogP contribution < -0.4 is 11.1 Å². The van der Waals surface area contributed by atoms with Gasteiger partial charge in [-0.25, -0.2) is 4.79 Å². The number of hydrogen-bond acceptors (Lipinski definition) is 5. The Morgan fingerprint density at radius 2 is 1.86 bits per heavy atom. The van der Waals surface area contributed by atoms with Gasteiger partial charge in [-0.2, -0.15) is 0 Å². The van der Waals surface area contributed by atoms with E-state index in [2.05, 4.69) is 10.2 Å². The SMILES string of the molecule is CC(C)OCCN(C)C(CN)C(C)NC(=O)OC(C)(C)C. The molecule has 1 amide bonds. The van der Waals surface area contributed by atoms with Crippen LogP contribution in [0.3, 0.4) is 0 Å². The molecule has 0 spiro atoms. The third-order valence-corrected chi connectivity index (χ3v) is 3.02. The lowest BCUT2D eigenvalue weighted by atomic mass is 10.1. The Hall–Kier alpha value is -0.850. The number of rotatable bonds is 8. The van der Waals surface area contributed by atoms with Gasteiger partial charge >= 0.3 is 6.09 Å². The van der Waals surface area contributed by atoms with Crippen LogP contribution in [0, 0.1) is 0 Å². The molecular formula is C15H33N3O3. The van der Waals surface area contributed by atoms with Crippen molar-refractivity contribution >= 4 is 6.09 Å². The number of nitrogens with one attached hydrogen (secondary N) is 1. The summed E-state index contributed by atoms with van der Waals surface area (Å²) < 4.78 is 10.8. The summed E-state index contributed by atoms with van der Waals surface area (Å²) in [5.41, 5.74) is 5.33. The van der Waals surface area contributed by atoms with Gasteiger partial charge in [-0.3, -0.25) is 4.90 Å². The van der Waals surface area contributed by atoms with E-state index in [0.29, 0.717) is 13.2 Å². The average molecular weight is 303 g/mol. The monoisotopic (exact) mass is 303 g/mol. The highest BCUT2D eigenvalue weighted by atomic mass is 16.6. The van der Waals surface area contributed by atoms with E-state index in [4.69, 9.17) is 15.2 Å². The first-order valence-corrected chi connectivity index (χ1v) is 7.58. The van der Waals surface area contributed by atoms with Gasteiger partial charge in [-0.15, -0.1) is 0 Å². The maximum Gasteiger partial charge on any atom is 0.407 e. The summed E-state index contributed by atoms with van der Waals surface area (Å²) in [6.07, 6.45) is -0.202. The first-order chi connectivity index (χ1) is 9.56. The van der Waals surface area contributed by atoms with E-state index in [1.54, 1.807) is 0 Å². The van der Waals surface area contributed by atoms with Crippen molar-refractivity contribution in [1.82, 2.24) is 10.2 Å². The number of carbonyl (C=O) groups is 1. The minimum atomic E-state index is -0.501. The summed E-state index contributed by atoms with van der Waals surface area (Å²) in [5.74, 6) is 0. The number of likely N-dealkylation sites (N-methyl/N-ethyl adjacent to an activating group) is 1. The predicted molar refractivity (Wildman–Crippen MR) is 85.4 cm³/mol. The van der Waals surface area contributed by atoms with Crippen LogP contribution in [0.4, 0.5) is 4.79 Å². The molecule has 0 bridgehead atoms. The van der Waals surface area contributed by atoms with Gasteiger partial charge in [0.25, 0.3) is 0 Å². The Morgan fingerprint density at radius 1 is 1.29 bits per heavy atom. The largest absolute Gasteiger partial charge is 0.444 e. The number of nitrogens with two attached hydrogens (primary N) is 1. The van der Waals surface area contributed by atoms with Gasteiger partial charge in [-0.1, -0.05) is 0 Å². The van der Waals surface area contributed by atoms with Gasteiger partial charge in [0.15, 0.2) is 0 Å². The highest BCUT2D eigenvalue weighted by Gasteiger charge is 2.24. The fraction of sp³-hybridized carbons (Fsp3) is 0.933. The lowest BCUT2D eigenvalue weighted by Crippen LogP contribution is -2.53. The number of hydrogen-bond donors (Lipinski definition) is 2. The van der Waals surface area contributed by atoms with E-state index in [1.807, 2.05) is 48.6 Å². The molecule has 3 N–H and O–H groups in total. The molecule has 0 saturated carbocycles. The second-order valence-electron chi connectivity index (χ2n) is 6.64. The van der Waals surface area contributed by atoms with Gasteiger partial charge in [0.2, 0.25) is 0 Å². The lowest BCUT2D eigenvalue weighted by Gasteiger charge is -2.33. The van der Waals surface area contributed by atoms with Gasteiger partial charge in [0.1, 0.15) is 5.60 Å². The van der Waals surface area contributed by atoms with Crippen molar-refractivity contribution in [3.63, 3.8) is 0 Å². The molecule has 0 aliphatic carbocycles. The molecule has 0 aliphatic heterocycles. The van der Waals surface area contributed by atoms with E-state index in [1.165, 1.54) is 0 Å². The quantitative estimate of drug-likeness (QED) is 0.712. The molecule has 21 heavy (non-hydrogen) atoms. The average Bonchev–Trinajstić information content (AvgIpc) is 2.26. The summed E-state index contributed by atoms with van der Waals surface area (Å²) in [5, 5.41) is 2.84. The van der Waals surface area contributed by atoms with Gasteiger partial charge in [0, 0.05) is 25.2 Å². The van der Waals surface area contributed by atoms with Crippen LogP contribution in [-0.4, -0.2) is 61.5 Å². The second kappa shape index (κ2) is 9.23. The zero-order valence-electron chi connectivity index (χ0n) is 14.6. The normalized spacial score (nSPS) is 15.1. The van der Waals surface area contributed by atoms with E-state index in [-0.39, 0.29) is 18.2 Å². The molecule has 2 atom stereocenters. The fourth-order valence-electron chi connectivity index (χ4n) is 1.95. The van der Waals surface area contributed by atoms with Gasteiger partial charge in [0.05, 0.1) is 12.7 Å². The molecule has 6 heteroatoms. The summed E-state index contributed by atoms with van der Waals surface area (Å²) in [7, 11) is 1.98. The fourth-order valence-corrected chi connectivity index (χ4v) is 1.95. The van der Waals surface area contributed by atoms with E-state index in [9.17, 15) is 4.79 Å². The van der Waals surface area contributed by atoms with Crippen molar-refractivity contribution in [3.8, 4) is 0 Å². The van der Waals surface area contributed by atoms with Crippen molar-refractivity contribution in [2.45, 2.75) is 65.3 Å². The zero-order chi connectivity index (χ0) is 16.6. The van der Waals surface area contributed by atoms with Crippen LogP contribution in [0.25, 0.3) is 0 Å². The molecule has 6 nitrogen and oxygen atoms in total. The van der Waals surface area contributed by atoms with Crippen LogP contribution in [0.2, 0.25) is 0 Å². The van der Waals surface area contributed by atoms with Crippen molar-refractivity contribution < 1.29 is 14.3 Å². The van der Waals surface area contributed by atoms with E-state index >= 15 is 0 Å². The van der Waals surface area contributed by atoms with Crippen LogP contribution in [0.5, 0.6) is 0 Å². The predicted octanol–water partition coefficient (Wildman–Crippen LogP) is 1.58. The van der Waals surface area contributed by atoms with Crippen molar-refractivity contribution in [2.24, 2.45) is 5.73 Å². The topological polar surface area (TPSA) is 76.8 Å². The molecule has 126 valence electrons. The third kappa shape index (κ3) is 9.66. The van der Waals surface area contributed by atoms with Crippen molar-refractivity contribution in [2.75, 3.05) is 26.7 Å². The van der Waals surface area contributed by atoms with Crippen LogP contribution in [0.15, 0.2) is 0 Å². The number of carbonyl (C=O) groups excluding carboxylic acids is 1. The van der Waals surface area contributed by atoms with Crippen molar-refractivity contribution in [3.05, 3.63) is 0 Å². The summed E-state index contributed by atoms with van der Waals surface area (Å²) in [6, 6.07) is -0.0674. The summed E-state index contributed by atoms with van der Waals surface area (Å²) >= 11 is 0. The lowest BCUT2D eigenvalue weighted by molar-refractivity contribution is 0.0418. The number of ether oxygens (including phenoxy) is 2. The number of nitrogens with zero attached hydrogens (tertiary/aromatic N) is 1. The molecule has 0 aromatic rings. The van der Waals surface area contributed by atoms with Crippen molar-refractivity contribution in [1.29, 1.82) is 0 Å². The smallest absolute Gasteiger partial charge is 0.407 e. The maximum atomic E-state index is 11.8. The van der Waals surface area contributed by atoms with E-state index in [0.717, 1.165) is 6.54 Å². The second-order valence-corrected chi connectivity index (χ2v) is 6.64. The molecule has 2 unspecified atom stereocenters. The highest BCUT2D eigenvalue weighted by Crippen LogP contribution is 2.08. The minimum absolute atomic E-state index is 0.0354. The van der Waals surface area contributed by atoms with E-state index < -0.39 is 11.7 Å². The van der Waals surface area contributed by atoms with Crippen LogP contribution in [-0.2, 0) is 9.47 Å². The molecule has 0 rings (SSSR count). The summed E-state index contributed by atoms with van der Waals surface area (Å²) in [6.45, 7) is 13.3. The zero-order valence-corrected chi connectivity index (χ0v) is 14.6. The Morgan fingerprint density at radius 3 is 2.29 bits per heavy atom. The number of alkyl carbamates (subject to hydrolysis) is 1. The molecular weight excluding hydrogens is 270 g/mol. The highest BCUT2D eigenvalue weighted by molar-refractivity contribution is 5.68. The molecule has 0 fully saturated rings. The third-order valence-electron chi connectivity index (χ3n) is 3.02. The Kier molecular flexibility index (Phi) is 8.85. The molecule has 0 heterocycles. The Bertz CT molecular complexity index is 303. The minimum Gasteiger partial charge on any atom is -0.444 e. The standard InChI is InChI=1S/C15H33N3O3/c1-11(2)20-9-8-18(7)13(10-16)12(3)17-14(19)21-15(4,5)6/h11-13H,8-10,16H2,1-7H3,(H,17,19). The maximum absolute atomic E-state index is 11.8. The molecule has 0 aromatic heterocycles. The van der Waals surface area contributed by atoms with Gasteiger partial charge < -0.3 is 20.5 Å². The molecule has 0 aliphatic rings. The first-order valence-electron chi connectivity index (χ1n) is 7.58. The van der Waals surface area contributed by atoms with Crippen LogP contribution in [0.1, 0.15) is 41.5 Å². The molecule has 0 aromatic carbocycles. The van der Waals surface area contributed by atoms with Crippen LogP contribution >= 0.6 is 0 Å². The first kappa shape index (κ1) is 20.1.